The molecule has 3 unspecified atom stereocenters. The van der Waals surface area contributed by atoms with Crippen LogP contribution in [-0.4, -0.2) is 63.9 Å². The van der Waals surface area contributed by atoms with Gasteiger partial charge in [0.1, 0.15) is 0 Å². The molecule has 3 atom stereocenters. The van der Waals surface area contributed by atoms with Gasteiger partial charge in [-0.3, -0.25) is 14.4 Å². The number of hydrogen-bond acceptors (Lipinski definition) is 3. The van der Waals surface area contributed by atoms with E-state index >= 15 is 0 Å². The Morgan fingerprint density at radius 2 is 0.895 bits per heavy atom. The van der Waals surface area contributed by atoms with Crippen molar-refractivity contribution in [2.45, 2.75) is 124 Å². The van der Waals surface area contributed by atoms with Gasteiger partial charge in [-0.25, -0.2) is 0 Å². The summed E-state index contributed by atoms with van der Waals surface area (Å²) < 4.78 is 0.598. The Kier molecular flexibility index (Phi) is 20.9. The highest BCUT2D eigenvalue weighted by Gasteiger charge is 2.31. The van der Waals surface area contributed by atoms with Crippen molar-refractivity contribution in [1.29, 1.82) is 0 Å². The van der Waals surface area contributed by atoms with Crippen LogP contribution in [0.25, 0.3) is 0 Å². The van der Waals surface area contributed by atoms with Gasteiger partial charge in [0.25, 0.3) is 0 Å². The molecule has 0 saturated heterocycles. The van der Waals surface area contributed by atoms with Gasteiger partial charge in [-0.05, 0) is 38.5 Å². The molecule has 0 aromatic rings. The lowest BCUT2D eigenvalue weighted by Gasteiger charge is -2.40. The number of nitrogens with zero attached hydrogens (tertiary/aromatic N) is 1. The Balaban J connectivity index is 4.84. The van der Waals surface area contributed by atoms with E-state index in [2.05, 4.69) is 19.1 Å². The molecular formula is C31H58NO6+. The highest BCUT2D eigenvalue weighted by atomic mass is 16.4. The van der Waals surface area contributed by atoms with E-state index in [-0.39, 0.29) is 0 Å². The van der Waals surface area contributed by atoms with Crippen molar-refractivity contribution in [2.24, 2.45) is 17.8 Å². The Bertz CT molecular complexity index is 617. The number of carboxylic acid groups (broad SMARTS) is 3. The lowest BCUT2D eigenvalue weighted by atomic mass is 10.0. The summed E-state index contributed by atoms with van der Waals surface area (Å²) in [5, 5.41) is 28.2. The highest BCUT2D eigenvalue weighted by molar-refractivity contribution is 5.70. The molecule has 7 heteroatoms. The van der Waals surface area contributed by atoms with E-state index in [0.29, 0.717) is 43.4 Å². The molecule has 0 aliphatic rings. The predicted octanol–water partition coefficient (Wildman–Crippen LogP) is 7.39. The van der Waals surface area contributed by atoms with Crippen molar-refractivity contribution in [1.82, 2.24) is 0 Å². The molecule has 7 nitrogen and oxygen atoms in total. The number of carbonyl (C=O) groups is 3. The molecule has 0 rings (SSSR count). The van der Waals surface area contributed by atoms with Gasteiger partial charge in [-0.2, -0.15) is 0 Å². The molecule has 0 saturated carbocycles. The van der Waals surface area contributed by atoms with E-state index in [1.165, 1.54) is 44.9 Å². The minimum atomic E-state index is -0.829. The van der Waals surface area contributed by atoms with E-state index in [1.807, 2.05) is 0 Å². The van der Waals surface area contributed by atoms with Crippen LogP contribution < -0.4 is 0 Å². The van der Waals surface area contributed by atoms with Crippen LogP contribution in [0.1, 0.15) is 124 Å². The summed E-state index contributed by atoms with van der Waals surface area (Å²) in [7, 11) is 0. The van der Waals surface area contributed by atoms with Gasteiger partial charge in [0.15, 0.2) is 0 Å². The fourth-order valence-corrected chi connectivity index (χ4v) is 4.78. The third-order valence-electron chi connectivity index (χ3n) is 8.02. The molecule has 0 spiro atoms. The van der Waals surface area contributed by atoms with Crippen LogP contribution in [0.2, 0.25) is 0 Å². The summed E-state index contributed by atoms with van der Waals surface area (Å²) in [5.74, 6) is -3.94. The summed E-state index contributed by atoms with van der Waals surface area (Å²) >= 11 is 0. The third-order valence-corrected chi connectivity index (χ3v) is 8.02. The van der Waals surface area contributed by atoms with Crippen molar-refractivity contribution in [3.05, 3.63) is 12.2 Å². The Morgan fingerprint density at radius 1 is 0.553 bits per heavy atom. The van der Waals surface area contributed by atoms with Crippen LogP contribution in [0.15, 0.2) is 12.2 Å². The number of carboxylic acids is 3. The molecule has 0 aromatic carbocycles. The van der Waals surface area contributed by atoms with Gasteiger partial charge in [0.2, 0.25) is 0 Å². The maximum Gasteiger partial charge on any atom is 0.306 e. The van der Waals surface area contributed by atoms with Gasteiger partial charge < -0.3 is 19.8 Å². The average Bonchev–Trinajstić information content (AvgIpc) is 2.88. The van der Waals surface area contributed by atoms with Crippen LogP contribution in [0.5, 0.6) is 0 Å². The smallest absolute Gasteiger partial charge is 0.306 e. The lowest BCUT2D eigenvalue weighted by molar-refractivity contribution is -0.929. The topological polar surface area (TPSA) is 112 Å². The summed E-state index contributed by atoms with van der Waals surface area (Å²) in [4.78, 5) is 34.4. The molecule has 0 fully saturated rings. The Labute approximate surface area is 232 Å². The van der Waals surface area contributed by atoms with E-state index in [1.54, 1.807) is 20.8 Å². The molecule has 222 valence electrons. The largest absolute Gasteiger partial charge is 0.481 e. The van der Waals surface area contributed by atoms with Crippen molar-refractivity contribution in [2.75, 3.05) is 26.2 Å². The number of allylic oxidation sites excluding steroid dienone is 2. The van der Waals surface area contributed by atoms with Gasteiger partial charge >= 0.3 is 17.9 Å². The normalized spacial score (nSPS) is 15.7. The standard InChI is InChI=1S/C31H57NO6/c1-5-6-7-8-9-10-11-12-13-14-15-16-17-18-22-32(23-19-26(2)29(33)34,24-20-27(3)30(35)36)25-21-28(4)31(37)38/h13-14,26-28H,5-12,15-25H2,1-4H3,(H2-,33,34,35,36,37,38)/p+1/b14-13+. The fraction of sp³-hybridized carbons (Fsp3) is 0.839. The molecule has 0 aliphatic carbocycles. The summed E-state index contributed by atoms with van der Waals surface area (Å²) in [6.45, 7) is 10.1. The summed E-state index contributed by atoms with van der Waals surface area (Å²) in [6, 6.07) is 0. The molecular weight excluding hydrogens is 482 g/mol. The van der Waals surface area contributed by atoms with E-state index in [0.717, 1.165) is 38.6 Å². The minimum absolute atomic E-state index is 0.484. The molecule has 38 heavy (non-hydrogen) atoms. The third kappa shape index (κ3) is 18.4. The maximum absolute atomic E-state index is 11.5. The van der Waals surface area contributed by atoms with Crippen LogP contribution in [-0.2, 0) is 14.4 Å². The first-order valence-electron chi connectivity index (χ1n) is 15.2. The first-order valence-corrected chi connectivity index (χ1v) is 15.2. The summed E-state index contributed by atoms with van der Waals surface area (Å²) in [6.07, 6.45) is 20.7. The molecule has 0 amide bonds. The zero-order valence-electron chi connectivity index (χ0n) is 24.8. The Morgan fingerprint density at radius 3 is 1.26 bits per heavy atom. The molecule has 3 N–H and O–H groups in total. The number of hydrogen-bond donors (Lipinski definition) is 3. The van der Waals surface area contributed by atoms with Gasteiger partial charge in [0.05, 0.1) is 43.9 Å². The number of unbranched alkanes of at least 4 members (excludes halogenated alkanes) is 10. The summed E-state index contributed by atoms with van der Waals surface area (Å²) in [5.41, 5.74) is 0. The van der Waals surface area contributed by atoms with Crippen LogP contribution >= 0.6 is 0 Å². The number of aliphatic carboxylic acids is 3. The lowest BCUT2D eigenvalue weighted by Crippen LogP contribution is -2.52. The van der Waals surface area contributed by atoms with E-state index in [4.69, 9.17) is 0 Å². The van der Waals surface area contributed by atoms with Crippen molar-refractivity contribution in [3.63, 3.8) is 0 Å². The zero-order valence-corrected chi connectivity index (χ0v) is 24.8. The van der Waals surface area contributed by atoms with E-state index < -0.39 is 35.7 Å². The van der Waals surface area contributed by atoms with Crippen molar-refractivity contribution < 1.29 is 34.2 Å². The molecule has 0 bridgehead atoms. The molecule has 0 aromatic heterocycles. The quantitative estimate of drug-likeness (QED) is 0.0599. The average molecular weight is 541 g/mol. The molecule has 0 radical (unpaired) electrons. The maximum atomic E-state index is 11.5. The first kappa shape index (κ1) is 36.1. The van der Waals surface area contributed by atoms with Crippen LogP contribution in [0.3, 0.4) is 0 Å². The number of rotatable bonds is 26. The van der Waals surface area contributed by atoms with Gasteiger partial charge in [-0.1, -0.05) is 78.4 Å². The molecule has 0 aliphatic heterocycles. The highest BCUT2D eigenvalue weighted by Crippen LogP contribution is 2.21. The van der Waals surface area contributed by atoms with Gasteiger partial charge in [-0.15, -0.1) is 0 Å². The second kappa shape index (κ2) is 22.0. The van der Waals surface area contributed by atoms with Crippen molar-refractivity contribution >= 4 is 17.9 Å². The minimum Gasteiger partial charge on any atom is -0.481 e. The SMILES string of the molecule is CCCCCCCCC/C=C/CCCCC[N+](CCC(C)C(=O)O)(CCC(C)C(=O)O)CCC(C)C(=O)O. The first-order chi connectivity index (χ1) is 18.0. The van der Waals surface area contributed by atoms with Crippen molar-refractivity contribution in [3.8, 4) is 0 Å². The van der Waals surface area contributed by atoms with Crippen LogP contribution in [0.4, 0.5) is 0 Å². The van der Waals surface area contributed by atoms with E-state index in [9.17, 15) is 29.7 Å². The monoisotopic (exact) mass is 540 g/mol. The number of quaternary nitrogens is 1. The van der Waals surface area contributed by atoms with Crippen LogP contribution in [0, 0.1) is 17.8 Å². The second-order valence-corrected chi connectivity index (χ2v) is 11.6. The second-order valence-electron chi connectivity index (χ2n) is 11.6. The van der Waals surface area contributed by atoms with Gasteiger partial charge in [0, 0.05) is 19.3 Å². The zero-order chi connectivity index (χ0) is 28.8. The fourth-order valence-electron chi connectivity index (χ4n) is 4.78. The Hall–Kier alpha value is -1.89. The predicted molar refractivity (Wildman–Crippen MR) is 154 cm³/mol. The molecule has 0 heterocycles.